The van der Waals surface area contributed by atoms with Crippen molar-refractivity contribution in [3.63, 3.8) is 0 Å². The van der Waals surface area contributed by atoms with Crippen molar-refractivity contribution in [1.82, 2.24) is 10.8 Å². The number of amides is 2. The first-order valence-electron chi connectivity index (χ1n) is 5.16. The van der Waals surface area contributed by atoms with Crippen LogP contribution in [0.15, 0.2) is 18.2 Å². The summed E-state index contributed by atoms with van der Waals surface area (Å²) in [5.41, 5.74) is 9.55. The third-order valence-corrected chi connectivity index (χ3v) is 2.50. The number of aryl methyl sites for hydroxylation is 1. The van der Waals surface area contributed by atoms with Crippen LogP contribution in [0.2, 0.25) is 0 Å². The van der Waals surface area contributed by atoms with E-state index in [1.54, 1.807) is 12.1 Å². The molecule has 17 heavy (non-hydrogen) atoms. The molecule has 1 aromatic carbocycles. The Kier molecular flexibility index (Phi) is 2.97. The number of hydrogen-bond acceptors (Lipinski definition) is 4. The van der Waals surface area contributed by atoms with Crippen LogP contribution < -0.4 is 16.5 Å². The van der Waals surface area contributed by atoms with Crippen molar-refractivity contribution in [3.05, 3.63) is 29.3 Å². The molecule has 6 nitrogen and oxygen atoms in total. The molecule has 1 atom stereocenters. The van der Waals surface area contributed by atoms with E-state index in [2.05, 4.69) is 10.8 Å². The second kappa shape index (κ2) is 4.42. The molecule has 4 N–H and O–H groups in total. The summed E-state index contributed by atoms with van der Waals surface area (Å²) in [6.07, 6.45) is 0. The Bertz CT molecular complexity index is 473. The number of benzene rings is 1. The number of hydrogen-bond donors (Lipinski definition) is 3. The maximum absolute atomic E-state index is 11.9. The maximum atomic E-state index is 11.9. The minimum atomic E-state index is -0.664. The summed E-state index contributed by atoms with van der Waals surface area (Å²) >= 11 is 0. The van der Waals surface area contributed by atoms with E-state index in [1.807, 2.05) is 13.0 Å². The molecule has 0 saturated carbocycles. The van der Waals surface area contributed by atoms with Crippen molar-refractivity contribution in [2.75, 3.05) is 12.3 Å². The third-order valence-electron chi connectivity index (χ3n) is 2.50. The molecule has 6 heteroatoms. The Labute approximate surface area is 98.1 Å². The number of hydroxylamine groups is 1. The summed E-state index contributed by atoms with van der Waals surface area (Å²) in [5.74, 6) is -0.735. The summed E-state index contributed by atoms with van der Waals surface area (Å²) in [6, 6.07) is 4.49. The van der Waals surface area contributed by atoms with Gasteiger partial charge in [-0.3, -0.25) is 14.4 Å². The van der Waals surface area contributed by atoms with Crippen LogP contribution in [0, 0.1) is 6.92 Å². The first kappa shape index (κ1) is 11.4. The molecular formula is C11H13N3O3. The Morgan fingerprint density at radius 2 is 2.35 bits per heavy atom. The normalized spacial score (nSPS) is 18.9. The van der Waals surface area contributed by atoms with Gasteiger partial charge in [0.25, 0.3) is 11.8 Å². The molecule has 0 aliphatic carbocycles. The largest absolute Gasteiger partial charge is 0.398 e. The van der Waals surface area contributed by atoms with Crippen molar-refractivity contribution in [2.24, 2.45) is 0 Å². The highest BCUT2D eigenvalue weighted by molar-refractivity contribution is 6.01. The van der Waals surface area contributed by atoms with Crippen LogP contribution in [-0.4, -0.2) is 24.5 Å². The highest BCUT2D eigenvalue weighted by Crippen LogP contribution is 2.14. The predicted molar refractivity (Wildman–Crippen MR) is 60.9 cm³/mol. The molecule has 0 unspecified atom stereocenters. The van der Waals surface area contributed by atoms with Crippen molar-refractivity contribution >= 4 is 17.5 Å². The van der Waals surface area contributed by atoms with Crippen LogP contribution in [0.25, 0.3) is 0 Å². The molecule has 1 fully saturated rings. The maximum Gasteiger partial charge on any atom is 0.268 e. The van der Waals surface area contributed by atoms with Gasteiger partial charge in [0.15, 0.2) is 0 Å². The monoisotopic (exact) mass is 235 g/mol. The molecule has 1 aliphatic heterocycles. The van der Waals surface area contributed by atoms with Crippen LogP contribution in [0.4, 0.5) is 5.69 Å². The van der Waals surface area contributed by atoms with Crippen molar-refractivity contribution in [2.45, 2.75) is 13.0 Å². The SMILES string of the molecule is Cc1ccc(N)c(C(=O)N[C@@H]2CONC2=O)c1. The Balaban J connectivity index is 2.14. The highest BCUT2D eigenvalue weighted by atomic mass is 16.7. The van der Waals surface area contributed by atoms with Crippen LogP contribution in [-0.2, 0) is 9.63 Å². The summed E-state index contributed by atoms with van der Waals surface area (Å²) in [5, 5.41) is 2.56. The Morgan fingerprint density at radius 3 is 3.00 bits per heavy atom. The number of anilines is 1. The number of nitrogen functional groups attached to an aromatic ring is 1. The molecule has 2 rings (SSSR count). The van der Waals surface area contributed by atoms with E-state index in [-0.39, 0.29) is 18.4 Å². The predicted octanol–water partition coefficient (Wildman–Crippen LogP) is -0.263. The lowest BCUT2D eigenvalue weighted by atomic mass is 10.1. The van der Waals surface area contributed by atoms with Gasteiger partial charge < -0.3 is 11.1 Å². The van der Waals surface area contributed by atoms with E-state index in [4.69, 9.17) is 10.6 Å². The first-order chi connectivity index (χ1) is 8.08. The quantitative estimate of drug-likeness (QED) is 0.615. The van der Waals surface area contributed by atoms with E-state index in [0.29, 0.717) is 11.3 Å². The van der Waals surface area contributed by atoms with Gasteiger partial charge in [0.1, 0.15) is 12.6 Å². The average Bonchev–Trinajstić information content (AvgIpc) is 2.68. The number of rotatable bonds is 2. The second-order valence-electron chi connectivity index (χ2n) is 3.89. The molecule has 0 spiro atoms. The van der Waals surface area contributed by atoms with E-state index >= 15 is 0 Å². The van der Waals surface area contributed by atoms with Crippen LogP contribution in [0.3, 0.4) is 0 Å². The highest BCUT2D eigenvalue weighted by Gasteiger charge is 2.27. The van der Waals surface area contributed by atoms with Crippen LogP contribution in [0.5, 0.6) is 0 Å². The van der Waals surface area contributed by atoms with Gasteiger partial charge in [-0.15, -0.1) is 0 Å². The minimum absolute atomic E-state index is 0.121. The molecule has 1 saturated heterocycles. The number of nitrogens with two attached hydrogens (primary N) is 1. The van der Waals surface area contributed by atoms with E-state index < -0.39 is 6.04 Å². The number of carbonyl (C=O) groups is 2. The molecular weight excluding hydrogens is 222 g/mol. The van der Waals surface area contributed by atoms with Gasteiger partial charge in [-0.1, -0.05) is 11.6 Å². The fourth-order valence-corrected chi connectivity index (χ4v) is 1.55. The van der Waals surface area contributed by atoms with Gasteiger partial charge in [0.05, 0.1) is 5.56 Å². The molecule has 0 aromatic heterocycles. The molecule has 1 aliphatic rings. The van der Waals surface area contributed by atoms with E-state index in [0.717, 1.165) is 5.56 Å². The summed E-state index contributed by atoms with van der Waals surface area (Å²) in [4.78, 5) is 27.8. The molecule has 1 heterocycles. The third kappa shape index (κ3) is 2.36. The fraction of sp³-hybridized carbons (Fsp3) is 0.273. The van der Waals surface area contributed by atoms with Crippen molar-refractivity contribution in [3.8, 4) is 0 Å². The zero-order valence-corrected chi connectivity index (χ0v) is 9.32. The number of nitrogens with one attached hydrogen (secondary N) is 2. The van der Waals surface area contributed by atoms with E-state index in [1.165, 1.54) is 0 Å². The van der Waals surface area contributed by atoms with Gasteiger partial charge in [0, 0.05) is 5.69 Å². The Morgan fingerprint density at radius 1 is 1.59 bits per heavy atom. The minimum Gasteiger partial charge on any atom is -0.398 e. The van der Waals surface area contributed by atoms with Gasteiger partial charge in [-0.2, -0.15) is 0 Å². The lowest BCUT2D eigenvalue weighted by Gasteiger charge is -2.10. The summed E-state index contributed by atoms with van der Waals surface area (Å²) in [7, 11) is 0. The van der Waals surface area contributed by atoms with Crippen LogP contribution in [0.1, 0.15) is 15.9 Å². The number of carbonyl (C=O) groups excluding carboxylic acids is 2. The van der Waals surface area contributed by atoms with Crippen molar-refractivity contribution < 1.29 is 14.4 Å². The lowest BCUT2D eigenvalue weighted by molar-refractivity contribution is -0.125. The molecule has 0 radical (unpaired) electrons. The fourth-order valence-electron chi connectivity index (χ4n) is 1.55. The first-order valence-corrected chi connectivity index (χ1v) is 5.16. The summed E-state index contributed by atoms with van der Waals surface area (Å²) in [6.45, 7) is 1.98. The zero-order chi connectivity index (χ0) is 12.4. The second-order valence-corrected chi connectivity index (χ2v) is 3.89. The molecule has 2 amide bonds. The van der Waals surface area contributed by atoms with Gasteiger partial charge >= 0.3 is 0 Å². The van der Waals surface area contributed by atoms with Gasteiger partial charge in [0.2, 0.25) is 0 Å². The lowest BCUT2D eigenvalue weighted by Crippen LogP contribution is -2.41. The van der Waals surface area contributed by atoms with Gasteiger partial charge in [-0.05, 0) is 19.1 Å². The van der Waals surface area contributed by atoms with E-state index in [9.17, 15) is 9.59 Å². The smallest absolute Gasteiger partial charge is 0.268 e. The molecule has 90 valence electrons. The summed E-state index contributed by atoms with van der Waals surface area (Å²) < 4.78 is 0. The Hall–Kier alpha value is -2.08. The van der Waals surface area contributed by atoms with Gasteiger partial charge in [-0.25, -0.2) is 5.48 Å². The topological polar surface area (TPSA) is 93.5 Å². The molecule has 0 bridgehead atoms. The molecule has 1 aromatic rings. The zero-order valence-electron chi connectivity index (χ0n) is 9.32. The standard InChI is InChI=1S/C11H13N3O3/c1-6-2-3-8(12)7(4-6)10(15)13-9-5-17-14-11(9)16/h2-4,9H,5,12H2,1H3,(H,13,15)(H,14,16)/t9-/m1/s1. The van der Waals surface area contributed by atoms with Crippen LogP contribution >= 0.6 is 0 Å². The van der Waals surface area contributed by atoms with Crippen molar-refractivity contribution in [1.29, 1.82) is 0 Å². The average molecular weight is 235 g/mol.